The van der Waals surface area contributed by atoms with Gasteiger partial charge in [0.2, 0.25) is 0 Å². The first kappa shape index (κ1) is 16.2. The van der Waals surface area contributed by atoms with Crippen LogP contribution in [0.5, 0.6) is 0 Å². The molecule has 1 aliphatic heterocycles. The van der Waals surface area contributed by atoms with Crippen LogP contribution in [0.15, 0.2) is 54.6 Å². The second kappa shape index (κ2) is 6.11. The van der Waals surface area contributed by atoms with Crippen LogP contribution < -0.4 is 5.32 Å². The van der Waals surface area contributed by atoms with Gasteiger partial charge in [-0.05, 0) is 18.2 Å². The summed E-state index contributed by atoms with van der Waals surface area (Å²) < 4.78 is 0. The molecule has 5 nitrogen and oxygen atoms in total. The summed E-state index contributed by atoms with van der Waals surface area (Å²) in [5.74, 6) is -1.50. The Kier molecular flexibility index (Phi) is 4.13. The quantitative estimate of drug-likeness (QED) is 0.588. The Morgan fingerprint density at radius 3 is 2.62 bits per heavy atom. The molecular weight excluding hydrogens is 330 g/mol. The number of hydrogen-bond donors (Lipinski definition) is 3. The van der Waals surface area contributed by atoms with E-state index in [1.807, 2.05) is 0 Å². The lowest BCUT2D eigenvalue weighted by Gasteiger charge is -2.19. The molecule has 0 spiro atoms. The number of allylic oxidation sites excluding steroid dienone is 1. The molecule has 1 amide bonds. The average molecular weight is 344 g/mol. The van der Waals surface area contributed by atoms with Crippen LogP contribution in [0.25, 0.3) is 5.76 Å². The molecule has 3 N–H and O–H groups in total. The van der Waals surface area contributed by atoms with E-state index >= 15 is 0 Å². The number of carbonyl (C=O) groups is 2. The summed E-state index contributed by atoms with van der Waals surface area (Å²) in [5, 5.41) is 23.5. The molecule has 1 atom stereocenters. The molecule has 0 bridgehead atoms. The normalized spacial score (nSPS) is 19.8. The molecule has 1 heterocycles. The molecule has 122 valence electrons. The lowest BCUT2D eigenvalue weighted by molar-refractivity contribution is -0.138. The molecule has 0 aromatic heterocycles. The van der Waals surface area contributed by atoms with E-state index in [0.717, 1.165) is 6.08 Å². The largest absolute Gasteiger partial charge is 0.507 e. The Morgan fingerprint density at radius 1 is 1.21 bits per heavy atom. The number of ketones is 1. The minimum Gasteiger partial charge on any atom is -0.507 e. The van der Waals surface area contributed by atoms with Crippen LogP contribution in [-0.4, -0.2) is 21.9 Å². The van der Waals surface area contributed by atoms with Crippen molar-refractivity contribution >= 4 is 34.7 Å². The van der Waals surface area contributed by atoms with E-state index < -0.39 is 23.7 Å². The minimum atomic E-state index is -2.01. The van der Waals surface area contributed by atoms with Crippen LogP contribution >= 0.6 is 11.6 Å². The number of halogens is 1. The molecule has 0 fully saturated rings. The van der Waals surface area contributed by atoms with Crippen molar-refractivity contribution in [2.24, 2.45) is 0 Å². The number of anilines is 1. The van der Waals surface area contributed by atoms with Crippen molar-refractivity contribution < 1.29 is 19.8 Å². The summed E-state index contributed by atoms with van der Waals surface area (Å²) >= 11 is 5.91. The first-order valence-electron chi connectivity index (χ1n) is 7.23. The molecular formula is C18H14ClNO4. The van der Waals surface area contributed by atoms with Gasteiger partial charge >= 0.3 is 0 Å². The topological polar surface area (TPSA) is 86.6 Å². The third-order valence-electron chi connectivity index (χ3n) is 3.85. The van der Waals surface area contributed by atoms with Gasteiger partial charge in [0.25, 0.3) is 5.91 Å². The Morgan fingerprint density at radius 2 is 1.92 bits per heavy atom. The van der Waals surface area contributed by atoms with Gasteiger partial charge in [-0.25, -0.2) is 0 Å². The van der Waals surface area contributed by atoms with Crippen LogP contribution in [0, 0.1) is 0 Å². The van der Waals surface area contributed by atoms with Crippen molar-refractivity contribution in [3.8, 4) is 0 Å². The van der Waals surface area contributed by atoms with E-state index in [4.69, 9.17) is 11.6 Å². The number of rotatable bonds is 4. The Hall–Kier alpha value is -2.63. The molecule has 2 aromatic rings. The standard InChI is InChI=1S/C18H14ClNO4/c19-12-6-7-15-14(8-12)18(24,17(23)20-15)10-13(21)9-16(22)11-4-2-1-3-5-11/h1-9,22,24H,10H2,(H,20,23)/b16-9-. The lowest BCUT2D eigenvalue weighted by Crippen LogP contribution is -2.36. The fourth-order valence-electron chi connectivity index (χ4n) is 2.64. The van der Waals surface area contributed by atoms with Crippen molar-refractivity contribution in [2.45, 2.75) is 12.0 Å². The fourth-order valence-corrected chi connectivity index (χ4v) is 2.81. The Labute approximate surface area is 143 Å². The van der Waals surface area contributed by atoms with Gasteiger partial charge in [-0.2, -0.15) is 0 Å². The van der Waals surface area contributed by atoms with Crippen molar-refractivity contribution in [3.63, 3.8) is 0 Å². The number of hydrogen-bond acceptors (Lipinski definition) is 4. The SMILES string of the molecule is O=C(/C=C(\O)c1ccccc1)CC1(O)C(=O)Nc2ccc(Cl)cc21. The minimum absolute atomic E-state index is 0.228. The van der Waals surface area contributed by atoms with E-state index in [2.05, 4.69) is 5.32 Å². The smallest absolute Gasteiger partial charge is 0.261 e. The van der Waals surface area contributed by atoms with E-state index in [1.54, 1.807) is 42.5 Å². The molecule has 1 unspecified atom stereocenters. The van der Waals surface area contributed by atoms with Crippen LogP contribution in [0.3, 0.4) is 0 Å². The number of aliphatic hydroxyl groups is 2. The monoisotopic (exact) mass is 343 g/mol. The van der Waals surface area contributed by atoms with Crippen molar-refractivity contribution in [1.29, 1.82) is 0 Å². The van der Waals surface area contributed by atoms with Gasteiger partial charge < -0.3 is 15.5 Å². The number of carbonyl (C=O) groups excluding carboxylic acids is 2. The maximum Gasteiger partial charge on any atom is 0.261 e. The fraction of sp³-hybridized carbons (Fsp3) is 0.111. The van der Waals surface area contributed by atoms with Crippen molar-refractivity contribution in [1.82, 2.24) is 0 Å². The number of nitrogens with one attached hydrogen (secondary N) is 1. The van der Waals surface area contributed by atoms with Gasteiger partial charge in [-0.1, -0.05) is 41.9 Å². The van der Waals surface area contributed by atoms with Crippen LogP contribution in [0.2, 0.25) is 5.02 Å². The third kappa shape index (κ3) is 2.91. The zero-order valence-electron chi connectivity index (χ0n) is 12.5. The highest BCUT2D eigenvalue weighted by molar-refractivity contribution is 6.31. The second-order valence-corrected chi connectivity index (χ2v) is 5.98. The molecule has 3 rings (SSSR count). The zero-order valence-corrected chi connectivity index (χ0v) is 13.2. The summed E-state index contributed by atoms with van der Waals surface area (Å²) in [4.78, 5) is 24.3. The molecule has 1 aliphatic rings. The van der Waals surface area contributed by atoms with Crippen LogP contribution in [0.1, 0.15) is 17.5 Å². The molecule has 6 heteroatoms. The van der Waals surface area contributed by atoms with Crippen molar-refractivity contribution in [3.05, 3.63) is 70.8 Å². The van der Waals surface area contributed by atoms with E-state index in [-0.39, 0.29) is 11.3 Å². The molecule has 0 radical (unpaired) electrons. The lowest BCUT2D eigenvalue weighted by atomic mass is 9.89. The molecule has 0 saturated heterocycles. The maximum atomic E-state index is 12.2. The molecule has 2 aromatic carbocycles. The number of fused-ring (bicyclic) bond motifs is 1. The van der Waals surface area contributed by atoms with Gasteiger partial charge in [0.1, 0.15) is 5.76 Å². The maximum absolute atomic E-state index is 12.2. The highest BCUT2D eigenvalue weighted by atomic mass is 35.5. The highest BCUT2D eigenvalue weighted by Gasteiger charge is 2.46. The Balaban J connectivity index is 1.87. The second-order valence-electron chi connectivity index (χ2n) is 5.54. The van der Waals surface area contributed by atoms with E-state index in [9.17, 15) is 19.8 Å². The number of amides is 1. The summed E-state index contributed by atoms with van der Waals surface area (Å²) in [6.45, 7) is 0. The summed E-state index contributed by atoms with van der Waals surface area (Å²) in [6, 6.07) is 13.1. The summed E-state index contributed by atoms with van der Waals surface area (Å²) in [5.41, 5.74) is -0.876. The Bertz CT molecular complexity index is 847. The molecule has 0 saturated carbocycles. The first-order chi connectivity index (χ1) is 11.4. The predicted octanol–water partition coefficient (Wildman–Crippen LogP) is 3.04. The molecule has 0 aliphatic carbocycles. The predicted molar refractivity (Wildman–Crippen MR) is 90.7 cm³/mol. The van der Waals surface area contributed by atoms with Crippen LogP contribution in [0.4, 0.5) is 5.69 Å². The zero-order chi connectivity index (χ0) is 17.3. The highest BCUT2D eigenvalue weighted by Crippen LogP contribution is 2.40. The number of benzene rings is 2. The van der Waals surface area contributed by atoms with E-state index in [1.165, 1.54) is 6.07 Å². The van der Waals surface area contributed by atoms with E-state index in [0.29, 0.717) is 16.3 Å². The van der Waals surface area contributed by atoms with Crippen molar-refractivity contribution in [2.75, 3.05) is 5.32 Å². The molecule has 24 heavy (non-hydrogen) atoms. The van der Waals surface area contributed by atoms with Gasteiger partial charge in [0.15, 0.2) is 11.4 Å². The van der Waals surface area contributed by atoms with Crippen LogP contribution in [-0.2, 0) is 15.2 Å². The average Bonchev–Trinajstić information content (AvgIpc) is 2.79. The summed E-state index contributed by atoms with van der Waals surface area (Å²) in [7, 11) is 0. The van der Waals surface area contributed by atoms with Gasteiger partial charge in [0.05, 0.1) is 6.42 Å². The van der Waals surface area contributed by atoms with Gasteiger partial charge in [0, 0.05) is 27.9 Å². The first-order valence-corrected chi connectivity index (χ1v) is 7.61. The number of aliphatic hydroxyl groups excluding tert-OH is 1. The van der Waals surface area contributed by atoms with Gasteiger partial charge in [-0.15, -0.1) is 0 Å². The van der Waals surface area contributed by atoms with Gasteiger partial charge in [-0.3, -0.25) is 9.59 Å². The third-order valence-corrected chi connectivity index (χ3v) is 4.08. The summed E-state index contributed by atoms with van der Waals surface area (Å²) in [6.07, 6.45) is 0.506.